The molecule has 0 spiro atoms. The van der Waals surface area contributed by atoms with Crippen molar-refractivity contribution < 1.29 is 0 Å². The second-order valence-electron chi connectivity index (χ2n) is 6.98. The Hall–Kier alpha value is -1.80. The van der Waals surface area contributed by atoms with E-state index in [2.05, 4.69) is 72.8 Å². The minimum atomic E-state index is 0.438. The van der Waals surface area contributed by atoms with Crippen molar-refractivity contribution in [2.45, 2.75) is 44.8 Å². The predicted octanol–water partition coefficient (Wildman–Crippen LogP) is 4.30. The summed E-state index contributed by atoms with van der Waals surface area (Å²) in [6.45, 7) is 9.01. The lowest BCUT2D eigenvalue weighted by Crippen LogP contribution is -2.42. The minimum absolute atomic E-state index is 0.438. The first-order valence-corrected chi connectivity index (χ1v) is 8.34. The number of aromatic amines is 1. The third-order valence-corrected chi connectivity index (χ3v) is 5.34. The van der Waals surface area contributed by atoms with Gasteiger partial charge in [-0.15, -0.1) is 0 Å². The van der Waals surface area contributed by atoms with E-state index in [4.69, 9.17) is 0 Å². The van der Waals surface area contributed by atoms with Crippen molar-refractivity contribution in [3.63, 3.8) is 0 Å². The van der Waals surface area contributed by atoms with Gasteiger partial charge in [-0.3, -0.25) is 4.90 Å². The number of hydrogen-bond donors (Lipinski definition) is 1. The van der Waals surface area contributed by atoms with Crippen LogP contribution in [0, 0.1) is 5.92 Å². The normalized spacial score (nSPS) is 28.1. The second-order valence-corrected chi connectivity index (χ2v) is 6.98. The van der Waals surface area contributed by atoms with Crippen molar-refractivity contribution >= 4 is 10.9 Å². The molecule has 2 nitrogen and oxygen atoms in total. The van der Waals surface area contributed by atoms with E-state index in [1.165, 1.54) is 22.2 Å². The minimum Gasteiger partial charge on any atom is -0.358 e. The van der Waals surface area contributed by atoms with Gasteiger partial charge in [0.05, 0.1) is 0 Å². The summed E-state index contributed by atoms with van der Waals surface area (Å²) in [7, 11) is 0. The van der Waals surface area contributed by atoms with E-state index >= 15 is 0 Å². The molecule has 1 saturated heterocycles. The van der Waals surface area contributed by atoms with Gasteiger partial charge in [0.2, 0.25) is 0 Å². The van der Waals surface area contributed by atoms with Gasteiger partial charge in [-0.25, -0.2) is 0 Å². The third kappa shape index (κ3) is 2.05. The standard InChI is InChI=1S/C20H24N2/c1-13(2)22-19-10-6-8-17(14(19)3)20(22)12-16-11-15-7-4-5-9-18(15)21-16/h4-7,9-11,13,17,19-21H,3,8,12H2,1-2H3/t17-,19+,20+/m0/s1. The molecule has 3 atom stereocenters. The first-order valence-electron chi connectivity index (χ1n) is 8.34. The molecule has 2 heterocycles. The van der Waals surface area contributed by atoms with E-state index in [0.717, 1.165) is 12.8 Å². The molecule has 1 aromatic carbocycles. The summed E-state index contributed by atoms with van der Waals surface area (Å²) in [5.41, 5.74) is 4.00. The molecule has 1 aliphatic carbocycles. The molecule has 1 aromatic heterocycles. The van der Waals surface area contributed by atoms with E-state index in [0.29, 0.717) is 24.0 Å². The summed E-state index contributed by atoms with van der Waals surface area (Å²) in [5.74, 6) is 0.601. The average molecular weight is 292 g/mol. The van der Waals surface area contributed by atoms with Crippen LogP contribution in [0.5, 0.6) is 0 Å². The Labute approximate surface area is 132 Å². The van der Waals surface area contributed by atoms with Gasteiger partial charge in [-0.1, -0.05) is 42.5 Å². The molecule has 22 heavy (non-hydrogen) atoms. The number of benzene rings is 1. The number of aromatic nitrogens is 1. The SMILES string of the molecule is C=C1[C@H]2C=CC[C@@H]1[C@@H](Cc1cc3ccccc3[nH]1)N2C(C)C. The monoisotopic (exact) mass is 292 g/mol. The molecule has 2 aromatic rings. The van der Waals surface area contributed by atoms with Crippen LogP contribution in [0.15, 0.2) is 54.6 Å². The van der Waals surface area contributed by atoms with Crippen LogP contribution in [0.25, 0.3) is 10.9 Å². The summed E-state index contributed by atoms with van der Waals surface area (Å²) < 4.78 is 0. The Balaban J connectivity index is 1.67. The summed E-state index contributed by atoms with van der Waals surface area (Å²) >= 11 is 0. The molecule has 2 aliphatic rings. The number of nitrogens with one attached hydrogen (secondary N) is 1. The van der Waals surface area contributed by atoms with E-state index in [-0.39, 0.29) is 0 Å². The van der Waals surface area contributed by atoms with Crippen molar-refractivity contribution in [2.24, 2.45) is 5.92 Å². The maximum absolute atomic E-state index is 4.40. The maximum atomic E-state index is 4.40. The Morgan fingerprint density at radius 1 is 1.32 bits per heavy atom. The van der Waals surface area contributed by atoms with Crippen molar-refractivity contribution in [3.05, 3.63) is 60.3 Å². The van der Waals surface area contributed by atoms with Gasteiger partial charge in [0.1, 0.15) is 0 Å². The second kappa shape index (κ2) is 5.13. The lowest BCUT2D eigenvalue weighted by atomic mass is 9.86. The Kier molecular flexibility index (Phi) is 3.23. The summed E-state index contributed by atoms with van der Waals surface area (Å²) in [5, 5.41) is 1.31. The number of nitrogens with zero attached hydrogens (tertiary/aromatic N) is 1. The number of allylic oxidation sites excluding steroid dienone is 1. The summed E-state index contributed by atoms with van der Waals surface area (Å²) in [6, 6.07) is 12.4. The quantitative estimate of drug-likeness (QED) is 0.836. The topological polar surface area (TPSA) is 19.0 Å². The fourth-order valence-electron chi connectivity index (χ4n) is 4.38. The number of para-hydroxylation sites is 1. The van der Waals surface area contributed by atoms with Crippen molar-refractivity contribution in [3.8, 4) is 0 Å². The molecule has 1 aliphatic heterocycles. The van der Waals surface area contributed by atoms with Gasteiger partial charge in [0.15, 0.2) is 0 Å². The zero-order valence-electron chi connectivity index (χ0n) is 13.4. The average Bonchev–Trinajstić information content (AvgIpc) is 2.93. The van der Waals surface area contributed by atoms with Gasteiger partial charge < -0.3 is 4.98 Å². The van der Waals surface area contributed by atoms with Gasteiger partial charge in [-0.05, 0) is 37.8 Å². The zero-order valence-corrected chi connectivity index (χ0v) is 13.4. The highest BCUT2D eigenvalue weighted by molar-refractivity contribution is 5.80. The van der Waals surface area contributed by atoms with E-state index in [9.17, 15) is 0 Å². The highest BCUT2D eigenvalue weighted by atomic mass is 15.2. The van der Waals surface area contributed by atoms with Crippen LogP contribution in [-0.4, -0.2) is 28.0 Å². The smallest absolute Gasteiger partial charge is 0.0497 e. The fourth-order valence-corrected chi connectivity index (χ4v) is 4.38. The molecule has 2 heteroatoms. The van der Waals surface area contributed by atoms with Gasteiger partial charge in [0.25, 0.3) is 0 Å². The van der Waals surface area contributed by atoms with Crippen LogP contribution in [-0.2, 0) is 6.42 Å². The molecule has 0 amide bonds. The zero-order chi connectivity index (χ0) is 15.3. The molecule has 114 valence electrons. The van der Waals surface area contributed by atoms with Crippen molar-refractivity contribution in [1.29, 1.82) is 0 Å². The Bertz CT molecular complexity index is 704. The highest BCUT2D eigenvalue weighted by Gasteiger charge is 2.45. The number of rotatable bonds is 3. The van der Waals surface area contributed by atoms with Crippen LogP contribution in [0.4, 0.5) is 0 Å². The van der Waals surface area contributed by atoms with Gasteiger partial charge >= 0.3 is 0 Å². The Morgan fingerprint density at radius 3 is 2.91 bits per heavy atom. The fraction of sp³-hybridized carbons (Fsp3) is 0.400. The summed E-state index contributed by atoms with van der Waals surface area (Å²) in [4.78, 5) is 6.25. The number of hydrogen-bond acceptors (Lipinski definition) is 1. The molecule has 1 N–H and O–H groups in total. The predicted molar refractivity (Wildman–Crippen MR) is 92.9 cm³/mol. The van der Waals surface area contributed by atoms with Crippen LogP contribution < -0.4 is 0 Å². The van der Waals surface area contributed by atoms with Crippen LogP contribution in [0.3, 0.4) is 0 Å². The number of fused-ring (bicyclic) bond motifs is 3. The third-order valence-electron chi connectivity index (χ3n) is 5.34. The maximum Gasteiger partial charge on any atom is 0.0497 e. The largest absolute Gasteiger partial charge is 0.358 e. The molecule has 4 rings (SSSR count). The van der Waals surface area contributed by atoms with Crippen molar-refractivity contribution in [1.82, 2.24) is 9.88 Å². The van der Waals surface area contributed by atoms with Crippen LogP contribution in [0.1, 0.15) is 26.0 Å². The number of H-pyrrole nitrogens is 1. The first-order chi connectivity index (χ1) is 10.6. The van der Waals surface area contributed by atoms with Crippen LogP contribution >= 0.6 is 0 Å². The highest BCUT2D eigenvalue weighted by Crippen LogP contribution is 2.42. The lowest BCUT2D eigenvalue weighted by molar-refractivity contribution is 0.159. The van der Waals surface area contributed by atoms with E-state index in [1.54, 1.807) is 0 Å². The first kappa shape index (κ1) is 13.8. The molecular formula is C20H24N2. The Morgan fingerprint density at radius 2 is 2.14 bits per heavy atom. The van der Waals surface area contributed by atoms with E-state index < -0.39 is 0 Å². The molecule has 1 fully saturated rings. The lowest BCUT2D eigenvalue weighted by Gasteiger charge is -2.32. The molecule has 0 saturated carbocycles. The number of likely N-dealkylation sites (tertiary alicyclic amines) is 1. The van der Waals surface area contributed by atoms with Crippen molar-refractivity contribution in [2.75, 3.05) is 0 Å². The van der Waals surface area contributed by atoms with Gasteiger partial charge in [0, 0.05) is 41.7 Å². The van der Waals surface area contributed by atoms with Gasteiger partial charge in [-0.2, -0.15) is 0 Å². The molecule has 0 unspecified atom stereocenters. The molecular weight excluding hydrogens is 268 g/mol. The van der Waals surface area contributed by atoms with Crippen LogP contribution in [0.2, 0.25) is 0 Å². The van der Waals surface area contributed by atoms with E-state index in [1.807, 2.05) is 0 Å². The molecule has 2 bridgehead atoms. The molecule has 0 radical (unpaired) electrons. The summed E-state index contributed by atoms with van der Waals surface area (Å²) in [6.07, 6.45) is 6.92.